The highest BCUT2D eigenvalue weighted by Crippen LogP contribution is 2.32. The van der Waals surface area contributed by atoms with Gasteiger partial charge in [0.05, 0.1) is 14.2 Å². The highest BCUT2D eigenvalue weighted by Gasteiger charge is 2.22. The maximum absolute atomic E-state index is 14.1. The van der Waals surface area contributed by atoms with Crippen molar-refractivity contribution < 1.29 is 22.3 Å². The second-order valence-electron chi connectivity index (χ2n) is 4.25. The Morgan fingerprint density at radius 3 is 2.14 bits per heavy atom. The van der Waals surface area contributed by atoms with Crippen LogP contribution >= 0.6 is 15.9 Å². The van der Waals surface area contributed by atoms with Crippen molar-refractivity contribution in [3.8, 4) is 11.5 Å². The predicted octanol–water partition coefficient (Wildman–Crippen LogP) is 3.41. The molecule has 0 bridgehead atoms. The first-order valence-corrected chi connectivity index (χ1v) is 8.35. The first-order valence-electron chi connectivity index (χ1n) is 6.07. The van der Waals surface area contributed by atoms with E-state index in [1.807, 2.05) is 0 Å². The molecular formula is C14H13BrFNO4S. The summed E-state index contributed by atoms with van der Waals surface area (Å²) in [6.45, 7) is 0. The summed E-state index contributed by atoms with van der Waals surface area (Å²) < 4.78 is 51.7. The molecule has 118 valence electrons. The molecule has 0 unspecified atom stereocenters. The zero-order valence-electron chi connectivity index (χ0n) is 11.8. The average molecular weight is 390 g/mol. The fourth-order valence-corrected chi connectivity index (χ4v) is 3.17. The van der Waals surface area contributed by atoms with Crippen LogP contribution in [0.15, 0.2) is 45.8 Å². The molecule has 2 aromatic rings. The lowest BCUT2D eigenvalue weighted by molar-refractivity contribution is 0.350. The van der Waals surface area contributed by atoms with E-state index < -0.39 is 20.7 Å². The molecule has 0 aliphatic heterocycles. The highest BCUT2D eigenvalue weighted by atomic mass is 79.9. The van der Waals surface area contributed by atoms with Crippen molar-refractivity contribution in [2.24, 2.45) is 0 Å². The third kappa shape index (κ3) is 3.50. The van der Waals surface area contributed by atoms with Gasteiger partial charge in [-0.05, 0) is 24.3 Å². The molecule has 0 spiro atoms. The van der Waals surface area contributed by atoms with Gasteiger partial charge in [0.2, 0.25) is 0 Å². The molecule has 0 saturated heterocycles. The number of methoxy groups -OCH3 is 2. The van der Waals surface area contributed by atoms with Gasteiger partial charge in [-0.25, -0.2) is 12.8 Å². The minimum atomic E-state index is -4.09. The van der Waals surface area contributed by atoms with Crippen molar-refractivity contribution >= 4 is 31.6 Å². The molecule has 0 aliphatic carbocycles. The fraction of sp³-hybridized carbons (Fsp3) is 0.143. The van der Waals surface area contributed by atoms with E-state index in [9.17, 15) is 12.8 Å². The Hall–Kier alpha value is -1.80. The number of sulfonamides is 1. The maximum atomic E-state index is 14.1. The molecule has 0 amide bonds. The normalized spacial score (nSPS) is 11.1. The largest absolute Gasteiger partial charge is 0.493 e. The topological polar surface area (TPSA) is 64.6 Å². The summed E-state index contributed by atoms with van der Waals surface area (Å²) in [5.74, 6) is -0.690. The van der Waals surface area contributed by atoms with Crippen LogP contribution < -0.4 is 14.2 Å². The van der Waals surface area contributed by atoms with Gasteiger partial charge in [-0.3, -0.25) is 4.72 Å². The number of benzene rings is 2. The smallest absolute Gasteiger partial charge is 0.264 e. The van der Waals surface area contributed by atoms with Gasteiger partial charge in [-0.2, -0.15) is 0 Å². The summed E-state index contributed by atoms with van der Waals surface area (Å²) in [6, 6.07) is 8.50. The van der Waals surface area contributed by atoms with E-state index in [1.165, 1.54) is 14.2 Å². The molecule has 22 heavy (non-hydrogen) atoms. The standard InChI is InChI=1S/C14H13BrFNO4S/c1-20-12-7-11(16)14(8-13(12)21-2)22(18,19)17-10-5-3-9(15)4-6-10/h3-8,17H,1-2H3. The van der Waals surface area contributed by atoms with Crippen LogP contribution in [0.3, 0.4) is 0 Å². The van der Waals surface area contributed by atoms with Gasteiger partial charge in [0.15, 0.2) is 11.5 Å². The SMILES string of the molecule is COc1cc(F)c(S(=O)(=O)Nc2ccc(Br)cc2)cc1OC. The number of hydrogen-bond acceptors (Lipinski definition) is 4. The zero-order chi connectivity index (χ0) is 16.3. The van der Waals surface area contributed by atoms with Crippen LogP contribution in [0.25, 0.3) is 0 Å². The van der Waals surface area contributed by atoms with E-state index in [4.69, 9.17) is 9.47 Å². The quantitative estimate of drug-likeness (QED) is 0.850. The number of ether oxygens (including phenoxy) is 2. The second kappa shape index (κ2) is 6.53. The van der Waals surface area contributed by atoms with Crippen LogP contribution in [0.2, 0.25) is 0 Å². The Morgan fingerprint density at radius 1 is 1.05 bits per heavy atom. The van der Waals surface area contributed by atoms with Gasteiger partial charge in [-0.1, -0.05) is 15.9 Å². The first kappa shape index (κ1) is 16.6. The van der Waals surface area contributed by atoms with Crippen molar-refractivity contribution in [1.82, 2.24) is 0 Å². The molecule has 2 aromatic carbocycles. The van der Waals surface area contributed by atoms with Crippen LogP contribution in [0, 0.1) is 5.82 Å². The van der Waals surface area contributed by atoms with E-state index in [1.54, 1.807) is 24.3 Å². The Bertz CT molecular complexity index is 778. The minimum Gasteiger partial charge on any atom is -0.493 e. The molecule has 0 radical (unpaired) electrons. The Morgan fingerprint density at radius 2 is 1.59 bits per heavy atom. The zero-order valence-corrected chi connectivity index (χ0v) is 14.2. The van der Waals surface area contributed by atoms with E-state index in [2.05, 4.69) is 20.7 Å². The predicted molar refractivity (Wildman–Crippen MR) is 84.5 cm³/mol. The Balaban J connectivity index is 2.42. The molecule has 5 nitrogen and oxygen atoms in total. The van der Waals surface area contributed by atoms with E-state index in [0.29, 0.717) is 5.69 Å². The van der Waals surface area contributed by atoms with Gasteiger partial charge in [0.1, 0.15) is 10.7 Å². The molecule has 0 aliphatic rings. The number of anilines is 1. The second-order valence-corrected chi connectivity index (χ2v) is 6.82. The average Bonchev–Trinajstić information content (AvgIpc) is 2.48. The van der Waals surface area contributed by atoms with Crippen molar-refractivity contribution in [3.63, 3.8) is 0 Å². The van der Waals surface area contributed by atoms with Crippen LogP contribution in [0.1, 0.15) is 0 Å². The lowest BCUT2D eigenvalue weighted by Gasteiger charge is -2.12. The summed E-state index contributed by atoms with van der Waals surface area (Å²) in [6.07, 6.45) is 0. The molecule has 0 aromatic heterocycles. The maximum Gasteiger partial charge on any atom is 0.264 e. The number of rotatable bonds is 5. The monoisotopic (exact) mass is 389 g/mol. The van der Waals surface area contributed by atoms with Crippen LogP contribution in [-0.4, -0.2) is 22.6 Å². The molecule has 0 fully saturated rings. The summed E-state index contributed by atoms with van der Waals surface area (Å²) in [5, 5.41) is 0. The number of nitrogens with one attached hydrogen (secondary N) is 1. The van der Waals surface area contributed by atoms with Gasteiger partial charge in [0.25, 0.3) is 10.0 Å². The third-order valence-electron chi connectivity index (χ3n) is 2.82. The first-order chi connectivity index (χ1) is 10.4. The van der Waals surface area contributed by atoms with Crippen molar-refractivity contribution in [3.05, 3.63) is 46.7 Å². The van der Waals surface area contributed by atoms with Gasteiger partial charge in [-0.15, -0.1) is 0 Å². The summed E-state index contributed by atoms with van der Waals surface area (Å²) in [4.78, 5) is -0.520. The van der Waals surface area contributed by atoms with Gasteiger partial charge in [0, 0.05) is 22.3 Å². The third-order valence-corrected chi connectivity index (χ3v) is 4.75. The minimum absolute atomic E-state index is 0.114. The number of halogens is 2. The molecule has 0 atom stereocenters. The molecule has 0 saturated carbocycles. The van der Waals surface area contributed by atoms with E-state index >= 15 is 0 Å². The summed E-state index contributed by atoms with van der Waals surface area (Å²) in [5.41, 5.74) is 0.317. The van der Waals surface area contributed by atoms with Crippen LogP contribution in [-0.2, 0) is 10.0 Å². The van der Waals surface area contributed by atoms with Gasteiger partial charge < -0.3 is 9.47 Å². The van der Waals surface area contributed by atoms with Crippen molar-refractivity contribution in [1.29, 1.82) is 0 Å². The summed E-state index contributed by atoms with van der Waals surface area (Å²) >= 11 is 3.25. The Kier molecular flexibility index (Phi) is 4.92. The molecule has 8 heteroatoms. The van der Waals surface area contributed by atoms with E-state index in [-0.39, 0.29) is 11.5 Å². The van der Waals surface area contributed by atoms with Gasteiger partial charge >= 0.3 is 0 Å². The highest BCUT2D eigenvalue weighted by molar-refractivity contribution is 9.10. The lowest BCUT2D eigenvalue weighted by Crippen LogP contribution is -2.15. The lowest BCUT2D eigenvalue weighted by atomic mass is 10.3. The van der Waals surface area contributed by atoms with E-state index in [0.717, 1.165) is 16.6 Å². The van der Waals surface area contributed by atoms with Crippen molar-refractivity contribution in [2.75, 3.05) is 18.9 Å². The van der Waals surface area contributed by atoms with Crippen molar-refractivity contribution in [2.45, 2.75) is 4.90 Å². The molecule has 2 rings (SSSR count). The Labute approximate surface area is 136 Å². The fourth-order valence-electron chi connectivity index (χ4n) is 1.77. The summed E-state index contributed by atoms with van der Waals surface area (Å²) in [7, 11) is -1.41. The van der Waals surface area contributed by atoms with Crippen LogP contribution in [0.5, 0.6) is 11.5 Å². The molecular weight excluding hydrogens is 377 g/mol. The molecule has 1 N–H and O–H groups in total. The number of hydrogen-bond donors (Lipinski definition) is 1. The van der Waals surface area contributed by atoms with Crippen LogP contribution in [0.4, 0.5) is 10.1 Å². The molecule has 0 heterocycles.